The van der Waals surface area contributed by atoms with Gasteiger partial charge in [0, 0.05) is 13.1 Å². The summed E-state index contributed by atoms with van der Waals surface area (Å²) in [5, 5.41) is 12.1. The van der Waals surface area contributed by atoms with E-state index in [4.69, 9.17) is 5.26 Å². The molecule has 1 aromatic carbocycles. The monoisotopic (exact) mass is 243 g/mol. The van der Waals surface area contributed by atoms with Crippen molar-refractivity contribution in [2.24, 2.45) is 0 Å². The molecule has 1 atom stereocenters. The Balaban J connectivity index is 2.11. The molecule has 1 N–H and O–H groups in total. The maximum Gasteiger partial charge on any atom is 0.239 e. The zero-order valence-corrected chi connectivity index (χ0v) is 10.5. The van der Waals surface area contributed by atoms with Gasteiger partial charge in [-0.1, -0.05) is 12.1 Å². The molecule has 2 rings (SSSR count). The van der Waals surface area contributed by atoms with Crippen molar-refractivity contribution < 1.29 is 4.79 Å². The first-order valence-electron chi connectivity index (χ1n) is 6.22. The zero-order chi connectivity index (χ0) is 13.0. The van der Waals surface area contributed by atoms with Gasteiger partial charge in [-0.3, -0.25) is 4.79 Å². The van der Waals surface area contributed by atoms with Crippen LogP contribution in [0.1, 0.15) is 24.5 Å². The summed E-state index contributed by atoms with van der Waals surface area (Å²) in [4.78, 5) is 14.0. The van der Waals surface area contributed by atoms with E-state index in [-0.39, 0.29) is 11.9 Å². The number of benzene rings is 1. The highest BCUT2D eigenvalue weighted by Gasteiger charge is 2.22. The van der Waals surface area contributed by atoms with E-state index in [9.17, 15) is 4.79 Å². The average Bonchev–Trinajstić information content (AvgIpc) is 2.55. The van der Waals surface area contributed by atoms with Crippen LogP contribution in [0, 0.1) is 11.3 Å². The molecular weight excluding hydrogens is 226 g/mol. The minimum Gasteiger partial charge on any atom is -0.337 e. The van der Waals surface area contributed by atoms with Gasteiger partial charge in [-0.05, 0) is 37.6 Å². The van der Waals surface area contributed by atoms with Crippen molar-refractivity contribution in [3.63, 3.8) is 0 Å². The maximum absolute atomic E-state index is 12.1. The fourth-order valence-corrected chi connectivity index (χ4v) is 2.18. The van der Waals surface area contributed by atoms with Crippen LogP contribution < -0.4 is 5.32 Å². The molecular formula is C14H17N3O. The summed E-state index contributed by atoms with van der Waals surface area (Å²) >= 11 is 0. The second kappa shape index (κ2) is 5.65. The predicted molar refractivity (Wildman–Crippen MR) is 68.7 cm³/mol. The highest BCUT2D eigenvalue weighted by molar-refractivity contribution is 5.81. The Morgan fingerprint density at radius 2 is 2.39 bits per heavy atom. The van der Waals surface area contributed by atoms with Gasteiger partial charge in [0.2, 0.25) is 5.91 Å². The third kappa shape index (κ3) is 2.88. The number of nitriles is 1. The first-order chi connectivity index (χ1) is 8.70. The molecule has 0 aromatic heterocycles. The van der Waals surface area contributed by atoms with Crippen LogP contribution in [0.3, 0.4) is 0 Å². The lowest BCUT2D eigenvalue weighted by molar-refractivity contribution is -0.132. The number of nitrogens with zero attached hydrogens (tertiary/aromatic N) is 2. The zero-order valence-electron chi connectivity index (χ0n) is 10.5. The fraction of sp³-hybridized carbons (Fsp3) is 0.429. The van der Waals surface area contributed by atoms with Crippen molar-refractivity contribution in [1.29, 1.82) is 5.26 Å². The van der Waals surface area contributed by atoms with Crippen LogP contribution in [0.4, 0.5) is 0 Å². The van der Waals surface area contributed by atoms with Gasteiger partial charge in [-0.2, -0.15) is 5.26 Å². The summed E-state index contributed by atoms with van der Waals surface area (Å²) in [5.74, 6) is 0.134. The normalized spacial score (nSPS) is 20.3. The van der Waals surface area contributed by atoms with Gasteiger partial charge in [0.25, 0.3) is 0 Å². The molecule has 0 spiro atoms. The smallest absolute Gasteiger partial charge is 0.239 e. The molecule has 1 saturated heterocycles. The highest BCUT2D eigenvalue weighted by atomic mass is 16.2. The Hall–Kier alpha value is -1.86. The molecule has 0 saturated carbocycles. The highest BCUT2D eigenvalue weighted by Crippen LogP contribution is 2.11. The standard InChI is InChI=1S/C14H17N3O/c1-11-14(18)17(7-3-6-16-11)10-13-5-2-4-12(8-13)9-15/h2,4-5,8,11,16H,3,6-7,10H2,1H3. The van der Waals surface area contributed by atoms with Gasteiger partial charge in [0.1, 0.15) is 0 Å². The SMILES string of the molecule is CC1NCCCN(Cc2cccc(C#N)c2)C1=O. The predicted octanol–water partition coefficient (Wildman–Crippen LogP) is 1.27. The van der Waals surface area contributed by atoms with Gasteiger partial charge in [-0.25, -0.2) is 0 Å². The van der Waals surface area contributed by atoms with Crippen LogP contribution in [-0.2, 0) is 11.3 Å². The second-order valence-electron chi connectivity index (χ2n) is 4.60. The van der Waals surface area contributed by atoms with Crippen molar-refractivity contribution >= 4 is 5.91 Å². The molecule has 1 aliphatic heterocycles. The molecule has 1 aromatic rings. The van der Waals surface area contributed by atoms with Gasteiger partial charge >= 0.3 is 0 Å². The van der Waals surface area contributed by atoms with Gasteiger partial charge < -0.3 is 10.2 Å². The van der Waals surface area contributed by atoms with Crippen molar-refractivity contribution in [2.45, 2.75) is 25.9 Å². The summed E-state index contributed by atoms with van der Waals surface area (Å²) in [6.45, 7) is 4.13. The minimum absolute atomic E-state index is 0.119. The molecule has 4 nitrogen and oxygen atoms in total. The summed E-state index contributed by atoms with van der Waals surface area (Å²) in [6.07, 6.45) is 0.966. The Bertz CT molecular complexity index is 478. The minimum atomic E-state index is -0.119. The number of hydrogen-bond donors (Lipinski definition) is 1. The van der Waals surface area contributed by atoms with E-state index < -0.39 is 0 Å². The second-order valence-corrected chi connectivity index (χ2v) is 4.60. The van der Waals surface area contributed by atoms with Crippen molar-refractivity contribution in [2.75, 3.05) is 13.1 Å². The van der Waals surface area contributed by atoms with Crippen LogP contribution >= 0.6 is 0 Å². The number of hydrogen-bond acceptors (Lipinski definition) is 3. The van der Waals surface area contributed by atoms with Crippen LogP contribution in [0.25, 0.3) is 0 Å². The summed E-state index contributed by atoms with van der Waals surface area (Å²) in [7, 11) is 0. The molecule has 1 aliphatic rings. The molecule has 1 unspecified atom stereocenters. The number of carbonyl (C=O) groups is 1. The molecule has 1 amide bonds. The van der Waals surface area contributed by atoms with Crippen molar-refractivity contribution in [1.82, 2.24) is 10.2 Å². The lowest BCUT2D eigenvalue weighted by atomic mass is 10.1. The van der Waals surface area contributed by atoms with E-state index in [1.54, 1.807) is 6.07 Å². The van der Waals surface area contributed by atoms with E-state index in [0.29, 0.717) is 12.1 Å². The number of amides is 1. The first kappa shape index (κ1) is 12.6. The fourth-order valence-electron chi connectivity index (χ4n) is 2.18. The van der Waals surface area contributed by atoms with Crippen LogP contribution in [-0.4, -0.2) is 29.9 Å². The lowest BCUT2D eigenvalue weighted by Gasteiger charge is -2.22. The van der Waals surface area contributed by atoms with E-state index in [0.717, 1.165) is 25.1 Å². The number of rotatable bonds is 2. The van der Waals surface area contributed by atoms with Crippen molar-refractivity contribution in [3.05, 3.63) is 35.4 Å². The van der Waals surface area contributed by atoms with E-state index >= 15 is 0 Å². The third-order valence-electron chi connectivity index (χ3n) is 3.17. The third-order valence-corrected chi connectivity index (χ3v) is 3.17. The van der Waals surface area contributed by atoms with Crippen LogP contribution in [0.2, 0.25) is 0 Å². The molecule has 18 heavy (non-hydrogen) atoms. The lowest BCUT2D eigenvalue weighted by Crippen LogP contribution is -2.41. The summed E-state index contributed by atoms with van der Waals surface area (Å²) < 4.78 is 0. The molecule has 0 bridgehead atoms. The molecule has 0 aliphatic carbocycles. The molecule has 94 valence electrons. The number of nitrogens with one attached hydrogen (secondary N) is 1. The van der Waals surface area contributed by atoms with Crippen molar-refractivity contribution in [3.8, 4) is 6.07 Å². The molecule has 1 fully saturated rings. The Labute approximate surface area is 107 Å². The van der Waals surface area contributed by atoms with E-state index in [1.165, 1.54) is 0 Å². The molecule has 1 heterocycles. The summed E-state index contributed by atoms with van der Waals surface area (Å²) in [6, 6.07) is 9.44. The van der Waals surface area contributed by atoms with E-state index in [1.807, 2.05) is 30.0 Å². The van der Waals surface area contributed by atoms with Gasteiger partial charge in [0.15, 0.2) is 0 Å². The molecule has 0 radical (unpaired) electrons. The van der Waals surface area contributed by atoms with Gasteiger partial charge in [-0.15, -0.1) is 0 Å². The topological polar surface area (TPSA) is 56.1 Å². The van der Waals surface area contributed by atoms with Crippen LogP contribution in [0.5, 0.6) is 0 Å². The molecule has 4 heteroatoms. The van der Waals surface area contributed by atoms with Crippen LogP contribution in [0.15, 0.2) is 24.3 Å². The van der Waals surface area contributed by atoms with E-state index in [2.05, 4.69) is 11.4 Å². The number of carbonyl (C=O) groups excluding carboxylic acids is 1. The summed E-state index contributed by atoms with van der Waals surface area (Å²) in [5.41, 5.74) is 1.65. The Kier molecular flexibility index (Phi) is 3.96. The first-order valence-corrected chi connectivity index (χ1v) is 6.22. The maximum atomic E-state index is 12.1. The quantitative estimate of drug-likeness (QED) is 0.851. The average molecular weight is 243 g/mol. The Morgan fingerprint density at radius 1 is 1.56 bits per heavy atom. The largest absolute Gasteiger partial charge is 0.337 e. The van der Waals surface area contributed by atoms with Gasteiger partial charge in [0.05, 0.1) is 17.7 Å². The Morgan fingerprint density at radius 3 is 3.17 bits per heavy atom.